The predicted molar refractivity (Wildman–Crippen MR) is 52.8 cm³/mol. The summed E-state index contributed by atoms with van der Waals surface area (Å²) in [7, 11) is 0. The van der Waals surface area contributed by atoms with Crippen LogP contribution in [0.4, 0.5) is 0 Å². The largest absolute Gasteiger partial charge is 0.142 e. The molecule has 0 N–H and O–H groups in total. The van der Waals surface area contributed by atoms with E-state index in [4.69, 9.17) is 0 Å². The van der Waals surface area contributed by atoms with Crippen LogP contribution in [0.3, 0.4) is 0 Å². The van der Waals surface area contributed by atoms with Crippen LogP contribution in [-0.4, -0.2) is 10.5 Å². The molecule has 1 aliphatic rings. The Bertz CT molecular complexity index is 157. The second kappa shape index (κ2) is 4.72. The lowest BCUT2D eigenvalue weighted by Gasteiger charge is -2.10. The van der Waals surface area contributed by atoms with Crippen molar-refractivity contribution in [3.63, 3.8) is 0 Å². The second-order valence-electron chi connectivity index (χ2n) is 3.08. The van der Waals surface area contributed by atoms with E-state index >= 15 is 0 Å². The summed E-state index contributed by atoms with van der Waals surface area (Å²) in [5.74, 6) is 6.16. The Morgan fingerprint density at radius 1 is 1.36 bits per heavy atom. The average molecular weight is 168 g/mol. The number of rotatable bonds is 2. The van der Waals surface area contributed by atoms with Crippen molar-refractivity contribution in [1.82, 2.24) is 0 Å². The van der Waals surface area contributed by atoms with Crippen LogP contribution in [0, 0.1) is 11.8 Å². The molecule has 0 aromatic heterocycles. The summed E-state index contributed by atoms with van der Waals surface area (Å²) in [6.45, 7) is 4.13. The summed E-state index contributed by atoms with van der Waals surface area (Å²) >= 11 is 2.06. The van der Waals surface area contributed by atoms with Gasteiger partial charge in [0, 0.05) is 5.25 Å². The minimum Gasteiger partial charge on any atom is -0.142 e. The Labute approximate surface area is 74.1 Å². The quantitative estimate of drug-likeness (QED) is 0.571. The SMILES string of the molecule is CC#CC(C)SC1CCCC1. The molecule has 1 atom stereocenters. The van der Waals surface area contributed by atoms with Gasteiger partial charge in [0.25, 0.3) is 0 Å². The zero-order chi connectivity index (χ0) is 8.10. The molecule has 1 aliphatic carbocycles. The third-order valence-electron chi connectivity index (χ3n) is 2.05. The maximum absolute atomic E-state index is 3.19. The van der Waals surface area contributed by atoms with E-state index in [1.54, 1.807) is 0 Å². The van der Waals surface area contributed by atoms with Crippen LogP contribution in [0.15, 0.2) is 0 Å². The molecule has 11 heavy (non-hydrogen) atoms. The fourth-order valence-electron chi connectivity index (χ4n) is 1.55. The second-order valence-corrected chi connectivity index (χ2v) is 4.73. The third-order valence-corrected chi connectivity index (χ3v) is 3.43. The van der Waals surface area contributed by atoms with Gasteiger partial charge < -0.3 is 0 Å². The van der Waals surface area contributed by atoms with Crippen LogP contribution < -0.4 is 0 Å². The fourth-order valence-corrected chi connectivity index (χ4v) is 2.92. The van der Waals surface area contributed by atoms with Crippen LogP contribution in [0.2, 0.25) is 0 Å². The van der Waals surface area contributed by atoms with E-state index in [1.165, 1.54) is 25.7 Å². The van der Waals surface area contributed by atoms with Crippen LogP contribution >= 0.6 is 11.8 Å². The smallest absolute Gasteiger partial charge is 0.0631 e. The van der Waals surface area contributed by atoms with E-state index < -0.39 is 0 Å². The molecule has 62 valence electrons. The van der Waals surface area contributed by atoms with Crippen LogP contribution in [0.5, 0.6) is 0 Å². The van der Waals surface area contributed by atoms with E-state index in [-0.39, 0.29) is 0 Å². The van der Waals surface area contributed by atoms with Crippen molar-refractivity contribution in [2.45, 2.75) is 50.0 Å². The minimum absolute atomic E-state index is 0.545. The molecule has 0 heterocycles. The molecule has 0 spiro atoms. The summed E-state index contributed by atoms with van der Waals surface area (Å²) in [6.07, 6.45) is 5.70. The summed E-state index contributed by atoms with van der Waals surface area (Å²) < 4.78 is 0. The lowest BCUT2D eigenvalue weighted by molar-refractivity contribution is 0.886. The van der Waals surface area contributed by atoms with Gasteiger partial charge in [0.1, 0.15) is 0 Å². The van der Waals surface area contributed by atoms with E-state index in [0.29, 0.717) is 5.25 Å². The summed E-state index contributed by atoms with van der Waals surface area (Å²) in [6, 6.07) is 0. The first kappa shape index (κ1) is 9.00. The van der Waals surface area contributed by atoms with Crippen molar-refractivity contribution in [2.75, 3.05) is 0 Å². The highest BCUT2D eigenvalue weighted by molar-refractivity contribution is 8.00. The Balaban J connectivity index is 2.21. The third kappa shape index (κ3) is 3.20. The highest BCUT2D eigenvalue weighted by atomic mass is 32.2. The zero-order valence-electron chi connectivity index (χ0n) is 7.39. The molecule has 1 heteroatoms. The first-order valence-electron chi connectivity index (χ1n) is 4.40. The van der Waals surface area contributed by atoms with Gasteiger partial charge in [0.2, 0.25) is 0 Å². The monoisotopic (exact) mass is 168 g/mol. The molecule has 0 aromatic rings. The van der Waals surface area contributed by atoms with E-state index in [9.17, 15) is 0 Å². The van der Waals surface area contributed by atoms with E-state index in [0.717, 1.165) is 5.25 Å². The van der Waals surface area contributed by atoms with Crippen molar-refractivity contribution < 1.29 is 0 Å². The molecular formula is C10H16S. The number of thioether (sulfide) groups is 1. The van der Waals surface area contributed by atoms with Gasteiger partial charge in [-0.25, -0.2) is 0 Å². The Morgan fingerprint density at radius 3 is 2.55 bits per heavy atom. The maximum Gasteiger partial charge on any atom is 0.0631 e. The predicted octanol–water partition coefficient (Wildman–Crippen LogP) is 3.07. The molecule has 0 aliphatic heterocycles. The van der Waals surface area contributed by atoms with Gasteiger partial charge in [-0.05, 0) is 26.7 Å². The average Bonchev–Trinajstić information content (AvgIpc) is 2.40. The highest BCUT2D eigenvalue weighted by Gasteiger charge is 2.16. The molecule has 0 aromatic carbocycles. The summed E-state index contributed by atoms with van der Waals surface area (Å²) in [5.41, 5.74) is 0. The topological polar surface area (TPSA) is 0 Å². The summed E-state index contributed by atoms with van der Waals surface area (Å²) in [4.78, 5) is 0. The maximum atomic E-state index is 3.19. The molecule has 0 saturated heterocycles. The molecule has 1 saturated carbocycles. The standard InChI is InChI=1S/C10H16S/c1-3-6-9(2)11-10-7-4-5-8-10/h9-10H,4-5,7-8H2,1-2H3. The molecule has 1 fully saturated rings. The lowest BCUT2D eigenvalue weighted by atomic mass is 10.4. The molecule has 1 rings (SSSR count). The van der Waals surface area contributed by atoms with Gasteiger partial charge in [0.05, 0.1) is 5.25 Å². The Hall–Kier alpha value is -0.0900. The molecule has 0 bridgehead atoms. The van der Waals surface area contributed by atoms with Gasteiger partial charge in [-0.3, -0.25) is 0 Å². The molecule has 0 amide bonds. The molecule has 0 radical (unpaired) electrons. The van der Waals surface area contributed by atoms with Crippen molar-refractivity contribution in [2.24, 2.45) is 0 Å². The van der Waals surface area contributed by atoms with Crippen LogP contribution in [0.1, 0.15) is 39.5 Å². The Kier molecular flexibility index (Phi) is 3.86. The first-order valence-corrected chi connectivity index (χ1v) is 5.35. The van der Waals surface area contributed by atoms with Gasteiger partial charge >= 0.3 is 0 Å². The van der Waals surface area contributed by atoms with Crippen molar-refractivity contribution in [3.8, 4) is 11.8 Å². The van der Waals surface area contributed by atoms with Gasteiger partial charge in [-0.15, -0.1) is 17.7 Å². The molecule has 1 unspecified atom stereocenters. The Morgan fingerprint density at radius 2 is 2.00 bits per heavy atom. The number of hydrogen-bond acceptors (Lipinski definition) is 1. The van der Waals surface area contributed by atoms with Gasteiger partial charge in [-0.1, -0.05) is 18.8 Å². The minimum atomic E-state index is 0.545. The van der Waals surface area contributed by atoms with Crippen molar-refractivity contribution in [3.05, 3.63) is 0 Å². The van der Waals surface area contributed by atoms with Gasteiger partial charge in [0.15, 0.2) is 0 Å². The van der Waals surface area contributed by atoms with Crippen molar-refractivity contribution in [1.29, 1.82) is 0 Å². The molecular weight excluding hydrogens is 152 g/mol. The normalized spacial score (nSPS) is 20.9. The van der Waals surface area contributed by atoms with Gasteiger partial charge in [-0.2, -0.15) is 0 Å². The summed E-state index contributed by atoms with van der Waals surface area (Å²) in [5, 5.41) is 1.45. The fraction of sp³-hybridized carbons (Fsp3) is 0.800. The lowest BCUT2D eigenvalue weighted by Crippen LogP contribution is -2.01. The first-order chi connectivity index (χ1) is 5.33. The highest BCUT2D eigenvalue weighted by Crippen LogP contribution is 2.31. The van der Waals surface area contributed by atoms with Crippen LogP contribution in [0.25, 0.3) is 0 Å². The van der Waals surface area contributed by atoms with E-state index in [2.05, 4.69) is 30.5 Å². The van der Waals surface area contributed by atoms with E-state index in [1.807, 2.05) is 6.92 Å². The van der Waals surface area contributed by atoms with Crippen molar-refractivity contribution >= 4 is 11.8 Å². The zero-order valence-corrected chi connectivity index (χ0v) is 8.21. The molecule has 0 nitrogen and oxygen atoms in total. The number of hydrogen-bond donors (Lipinski definition) is 0. The van der Waals surface area contributed by atoms with Crippen LogP contribution in [-0.2, 0) is 0 Å².